The SMILES string of the molecule is CN=C(NCc1cccc(CS(=O)(=O)NC)c1)NCC(C)(C)N1CCCCC1. The van der Waals surface area contributed by atoms with E-state index >= 15 is 0 Å². The Kier molecular flexibility index (Phi) is 8.27. The number of nitrogens with zero attached hydrogens (tertiary/aromatic N) is 2. The van der Waals surface area contributed by atoms with Crippen LogP contribution in [-0.2, 0) is 22.3 Å². The third kappa shape index (κ3) is 7.07. The Morgan fingerprint density at radius 3 is 2.46 bits per heavy atom. The van der Waals surface area contributed by atoms with Crippen molar-refractivity contribution in [1.29, 1.82) is 0 Å². The molecule has 0 bridgehead atoms. The van der Waals surface area contributed by atoms with Gasteiger partial charge in [0.15, 0.2) is 5.96 Å². The van der Waals surface area contributed by atoms with E-state index in [9.17, 15) is 8.42 Å². The van der Waals surface area contributed by atoms with Gasteiger partial charge < -0.3 is 10.6 Å². The summed E-state index contributed by atoms with van der Waals surface area (Å²) in [6, 6.07) is 7.60. The Bertz CT molecular complexity index is 756. The van der Waals surface area contributed by atoms with Gasteiger partial charge in [0.1, 0.15) is 0 Å². The second-order valence-electron chi connectivity index (χ2n) is 7.92. The number of nitrogens with one attached hydrogen (secondary N) is 3. The van der Waals surface area contributed by atoms with E-state index in [0.29, 0.717) is 6.54 Å². The minimum Gasteiger partial charge on any atom is -0.355 e. The molecule has 1 aliphatic heterocycles. The molecule has 0 atom stereocenters. The molecule has 7 nitrogen and oxygen atoms in total. The van der Waals surface area contributed by atoms with Gasteiger partial charge in [-0.25, -0.2) is 13.1 Å². The zero-order valence-electron chi connectivity index (χ0n) is 17.6. The highest BCUT2D eigenvalue weighted by atomic mass is 32.2. The number of sulfonamides is 1. The molecule has 8 heteroatoms. The monoisotopic (exact) mass is 409 g/mol. The van der Waals surface area contributed by atoms with Crippen LogP contribution in [0.1, 0.15) is 44.2 Å². The van der Waals surface area contributed by atoms with Gasteiger partial charge >= 0.3 is 0 Å². The predicted molar refractivity (Wildman–Crippen MR) is 116 cm³/mol. The van der Waals surface area contributed by atoms with E-state index in [4.69, 9.17) is 0 Å². The van der Waals surface area contributed by atoms with Gasteiger partial charge in [-0.2, -0.15) is 0 Å². The fraction of sp³-hybridized carbons (Fsp3) is 0.650. The first-order valence-electron chi connectivity index (χ1n) is 9.94. The van der Waals surface area contributed by atoms with Crippen LogP contribution < -0.4 is 15.4 Å². The van der Waals surface area contributed by atoms with Crippen LogP contribution in [0.25, 0.3) is 0 Å². The van der Waals surface area contributed by atoms with Crippen molar-refractivity contribution in [2.75, 3.05) is 33.7 Å². The molecule has 0 amide bonds. The standard InChI is InChI=1S/C20H35N5O2S/c1-20(2,25-11-6-5-7-12-25)16-24-19(21-3)23-14-17-9-8-10-18(13-17)15-28(26,27)22-4/h8-10,13,22H,5-7,11-12,14-16H2,1-4H3,(H2,21,23,24). The third-order valence-electron chi connectivity index (χ3n) is 5.24. The van der Waals surface area contributed by atoms with Gasteiger partial charge in [-0.05, 0) is 58.0 Å². The molecule has 1 aromatic rings. The van der Waals surface area contributed by atoms with Crippen molar-refractivity contribution >= 4 is 16.0 Å². The minimum atomic E-state index is -3.27. The third-order valence-corrected chi connectivity index (χ3v) is 6.58. The van der Waals surface area contributed by atoms with E-state index in [0.717, 1.165) is 36.7 Å². The van der Waals surface area contributed by atoms with Crippen LogP contribution in [-0.4, -0.2) is 58.5 Å². The van der Waals surface area contributed by atoms with Crippen LogP contribution in [0.2, 0.25) is 0 Å². The summed E-state index contributed by atoms with van der Waals surface area (Å²) in [5.74, 6) is 0.729. The molecular formula is C20H35N5O2S. The van der Waals surface area contributed by atoms with E-state index in [1.165, 1.54) is 26.3 Å². The average Bonchev–Trinajstić information content (AvgIpc) is 2.69. The molecule has 0 spiro atoms. The molecule has 0 aromatic heterocycles. The highest BCUT2D eigenvalue weighted by Gasteiger charge is 2.27. The van der Waals surface area contributed by atoms with Crippen molar-refractivity contribution in [1.82, 2.24) is 20.3 Å². The van der Waals surface area contributed by atoms with E-state index in [2.05, 4.69) is 39.1 Å². The van der Waals surface area contributed by atoms with E-state index < -0.39 is 10.0 Å². The first kappa shape index (κ1) is 22.6. The molecule has 1 aliphatic rings. The lowest BCUT2D eigenvalue weighted by Crippen LogP contribution is -2.54. The molecule has 28 heavy (non-hydrogen) atoms. The van der Waals surface area contributed by atoms with Gasteiger partial charge in [0, 0.05) is 25.7 Å². The number of rotatable bonds is 8. The van der Waals surface area contributed by atoms with Crippen molar-refractivity contribution in [3.8, 4) is 0 Å². The molecule has 3 N–H and O–H groups in total. The molecule has 1 aromatic carbocycles. The number of hydrogen-bond donors (Lipinski definition) is 3. The van der Waals surface area contributed by atoms with Gasteiger partial charge in [0.05, 0.1) is 5.75 Å². The molecule has 2 rings (SSSR count). The first-order valence-corrected chi connectivity index (χ1v) is 11.6. The van der Waals surface area contributed by atoms with Crippen LogP contribution in [0.15, 0.2) is 29.3 Å². The Balaban J connectivity index is 1.88. The number of likely N-dealkylation sites (tertiary alicyclic amines) is 1. The largest absolute Gasteiger partial charge is 0.355 e. The number of benzene rings is 1. The smallest absolute Gasteiger partial charge is 0.215 e. The Morgan fingerprint density at radius 2 is 1.82 bits per heavy atom. The van der Waals surface area contributed by atoms with Crippen molar-refractivity contribution in [2.45, 2.75) is 50.9 Å². The first-order chi connectivity index (χ1) is 13.3. The summed E-state index contributed by atoms with van der Waals surface area (Å²) in [6.07, 6.45) is 3.88. The van der Waals surface area contributed by atoms with E-state index in [-0.39, 0.29) is 11.3 Å². The van der Waals surface area contributed by atoms with Gasteiger partial charge in [0.25, 0.3) is 0 Å². The second kappa shape index (κ2) is 10.2. The van der Waals surface area contributed by atoms with Crippen LogP contribution >= 0.6 is 0 Å². The van der Waals surface area contributed by atoms with Crippen molar-refractivity contribution < 1.29 is 8.42 Å². The zero-order chi connectivity index (χ0) is 20.6. The molecule has 0 radical (unpaired) electrons. The summed E-state index contributed by atoms with van der Waals surface area (Å²) in [5, 5.41) is 6.75. The van der Waals surface area contributed by atoms with Crippen LogP contribution in [0.3, 0.4) is 0 Å². The highest BCUT2D eigenvalue weighted by Crippen LogP contribution is 2.19. The average molecular weight is 410 g/mol. The summed E-state index contributed by atoms with van der Waals surface area (Å²) in [5.41, 5.74) is 1.85. The zero-order valence-corrected chi connectivity index (χ0v) is 18.4. The van der Waals surface area contributed by atoms with Crippen molar-refractivity contribution in [3.63, 3.8) is 0 Å². The van der Waals surface area contributed by atoms with Crippen LogP contribution in [0, 0.1) is 0 Å². The molecule has 0 saturated carbocycles. The van der Waals surface area contributed by atoms with Gasteiger partial charge in [0.2, 0.25) is 10.0 Å². The quantitative estimate of drug-likeness (QED) is 0.449. The number of hydrogen-bond acceptors (Lipinski definition) is 4. The second-order valence-corrected chi connectivity index (χ2v) is 9.85. The summed E-state index contributed by atoms with van der Waals surface area (Å²) in [7, 11) is -0.0768. The van der Waals surface area contributed by atoms with E-state index in [1.807, 2.05) is 24.3 Å². The topological polar surface area (TPSA) is 85.8 Å². The number of aliphatic imine (C=N–C) groups is 1. The number of piperidine rings is 1. The Morgan fingerprint density at radius 1 is 1.14 bits per heavy atom. The minimum absolute atomic E-state index is 0.0195. The molecule has 0 aliphatic carbocycles. The lowest BCUT2D eigenvalue weighted by Gasteiger charge is -2.41. The molecular weight excluding hydrogens is 374 g/mol. The maximum Gasteiger partial charge on any atom is 0.215 e. The Hall–Kier alpha value is -1.64. The fourth-order valence-corrected chi connectivity index (χ4v) is 4.20. The number of guanidine groups is 1. The maximum atomic E-state index is 11.7. The summed E-state index contributed by atoms with van der Waals surface area (Å²) < 4.78 is 25.8. The fourth-order valence-electron chi connectivity index (χ4n) is 3.44. The molecule has 1 saturated heterocycles. The normalized spacial score (nSPS) is 16.8. The predicted octanol–water partition coefficient (Wildman–Crippen LogP) is 1.67. The van der Waals surface area contributed by atoms with Gasteiger partial charge in [-0.1, -0.05) is 30.7 Å². The summed E-state index contributed by atoms with van der Waals surface area (Å²) >= 11 is 0. The van der Waals surface area contributed by atoms with Crippen molar-refractivity contribution in [2.24, 2.45) is 4.99 Å². The lowest BCUT2D eigenvalue weighted by atomic mass is 9.98. The van der Waals surface area contributed by atoms with Crippen LogP contribution in [0.4, 0.5) is 0 Å². The van der Waals surface area contributed by atoms with Gasteiger partial charge in [-0.15, -0.1) is 0 Å². The maximum absolute atomic E-state index is 11.7. The lowest BCUT2D eigenvalue weighted by molar-refractivity contribution is 0.0982. The Labute approximate surface area is 170 Å². The summed E-state index contributed by atoms with van der Waals surface area (Å²) in [4.78, 5) is 6.86. The summed E-state index contributed by atoms with van der Waals surface area (Å²) in [6.45, 7) is 8.24. The molecule has 158 valence electrons. The molecule has 1 heterocycles. The van der Waals surface area contributed by atoms with Crippen LogP contribution in [0.5, 0.6) is 0 Å². The highest BCUT2D eigenvalue weighted by molar-refractivity contribution is 7.88. The van der Waals surface area contributed by atoms with E-state index in [1.54, 1.807) is 7.05 Å². The van der Waals surface area contributed by atoms with Crippen molar-refractivity contribution in [3.05, 3.63) is 35.4 Å². The molecule has 1 fully saturated rings. The molecule has 0 unspecified atom stereocenters. The van der Waals surface area contributed by atoms with Gasteiger partial charge in [-0.3, -0.25) is 9.89 Å².